The molecule has 1 aromatic rings. The highest BCUT2D eigenvalue weighted by molar-refractivity contribution is 5.93. The lowest BCUT2D eigenvalue weighted by molar-refractivity contribution is -0.918. The first-order valence-corrected chi connectivity index (χ1v) is 7.79. The lowest BCUT2D eigenvalue weighted by atomic mass is 10.1. The second kappa shape index (κ2) is 6.35. The molecule has 2 heterocycles. The zero-order valence-electron chi connectivity index (χ0n) is 12.5. The van der Waals surface area contributed by atoms with Crippen LogP contribution in [0.25, 0.3) is 0 Å². The molecular weight excluding hydrogens is 268 g/mol. The van der Waals surface area contributed by atoms with E-state index >= 15 is 0 Å². The van der Waals surface area contributed by atoms with Crippen LogP contribution in [0.15, 0.2) is 18.2 Å². The molecule has 2 aliphatic heterocycles. The van der Waals surface area contributed by atoms with E-state index in [-0.39, 0.29) is 11.9 Å². The summed E-state index contributed by atoms with van der Waals surface area (Å²) < 4.78 is 11.0. The van der Waals surface area contributed by atoms with E-state index in [0.717, 1.165) is 24.5 Å². The van der Waals surface area contributed by atoms with Crippen molar-refractivity contribution in [1.29, 1.82) is 0 Å². The van der Waals surface area contributed by atoms with Crippen molar-refractivity contribution in [3.05, 3.63) is 18.2 Å². The third kappa shape index (κ3) is 3.29. The van der Waals surface area contributed by atoms with E-state index in [1.165, 1.54) is 24.2 Å². The van der Waals surface area contributed by atoms with Gasteiger partial charge in [0.05, 0.1) is 13.1 Å². The van der Waals surface area contributed by atoms with Crippen LogP contribution < -0.4 is 19.7 Å². The summed E-state index contributed by atoms with van der Waals surface area (Å²) in [6.07, 6.45) is 3.73. The van der Waals surface area contributed by atoms with Crippen LogP contribution in [0.3, 0.4) is 0 Å². The number of carbonyl (C=O) groups is 1. The number of amides is 1. The smallest absolute Gasteiger partial charge is 0.282 e. The molecule has 0 radical (unpaired) electrons. The van der Waals surface area contributed by atoms with Gasteiger partial charge >= 0.3 is 0 Å². The Bertz CT molecular complexity index is 512. The molecule has 1 fully saturated rings. The summed E-state index contributed by atoms with van der Waals surface area (Å²) >= 11 is 0. The van der Waals surface area contributed by atoms with Crippen LogP contribution >= 0.6 is 0 Å². The molecule has 5 nitrogen and oxygen atoms in total. The van der Waals surface area contributed by atoms with Gasteiger partial charge in [-0.3, -0.25) is 4.79 Å². The minimum Gasteiger partial charge on any atom is -0.486 e. The summed E-state index contributed by atoms with van der Waals surface area (Å²) in [6.45, 7) is 5.33. The summed E-state index contributed by atoms with van der Waals surface area (Å²) in [5.41, 5.74) is 0.771. The van der Waals surface area contributed by atoms with E-state index in [9.17, 15) is 4.79 Å². The van der Waals surface area contributed by atoms with Gasteiger partial charge in [-0.25, -0.2) is 0 Å². The SMILES string of the molecule is C[C@H](C(=O)Nc1ccc2c(c1)OCCO2)[NH+]1CCCCC1. The van der Waals surface area contributed by atoms with Crippen LogP contribution in [-0.2, 0) is 4.79 Å². The van der Waals surface area contributed by atoms with Crippen molar-refractivity contribution in [2.24, 2.45) is 0 Å². The van der Waals surface area contributed by atoms with Crippen molar-refractivity contribution in [3.63, 3.8) is 0 Å². The number of quaternary nitrogens is 1. The first-order chi connectivity index (χ1) is 10.2. The third-order valence-electron chi connectivity index (χ3n) is 4.31. The molecule has 2 aliphatic rings. The Kier molecular flexibility index (Phi) is 4.29. The fourth-order valence-corrected chi connectivity index (χ4v) is 3.00. The number of anilines is 1. The fraction of sp³-hybridized carbons (Fsp3) is 0.562. The molecule has 2 N–H and O–H groups in total. The largest absolute Gasteiger partial charge is 0.486 e. The molecule has 1 amide bonds. The van der Waals surface area contributed by atoms with Gasteiger partial charge in [0.15, 0.2) is 17.5 Å². The quantitative estimate of drug-likeness (QED) is 0.868. The topological polar surface area (TPSA) is 52.0 Å². The van der Waals surface area contributed by atoms with E-state index in [1.807, 2.05) is 25.1 Å². The number of carbonyl (C=O) groups excluding carboxylic acids is 1. The molecule has 3 rings (SSSR count). The summed E-state index contributed by atoms with van der Waals surface area (Å²) in [7, 11) is 0. The highest BCUT2D eigenvalue weighted by Gasteiger charge is 2.26. The first-order valence-electron chi connectivity index (χ1n) is 7.79. The second-order valence-electron chi connectivity index (χ2n) is 5.79. The van der Waals surface area contributed by atoms with Gasteiger partial charge in [0.25, 0.3) is 5.91 Å². The molecule has 0 spiro atoms. The number of fused-ring (bicyclic) bond motifs is 1. The maximum absolute atomic E-state index is 12.4. The van der Waals surface area contributed by atoms with Gasteiger partial charge in [0.2, 0.25) is 0 Å². The van der Waals surface area contributed by atoms with Crippen molar-refractivity contribution in [3.8, 4) is 11.5 Å². The lowest BCUT2D eigenvalue weighted by Crippen LogP contribution is -3.17. The number of rotatable bonds is 3. The predicted molar refractivity (Wildman–Crippen MR) is 80.1 cm³/mol. The third-order valence-corrected chi connectivity index (χ3v) is 4.31. The molecule has 21 heavy (non-hydrogen) atoms. The molecule has 0 saturated carbocycles. The number of hydrogen-bond acceptors (Lipinski definition) is 3. The Morgan fingerprint density at radius 3 is 2.62 bits per heavy atom. The van der Waals surface area contributed by atoms with Gasteiger partial charge in [0, 0.05) is 11.8 Å². The zero-order valence-corrected chi connectivity index (χ0v) is 12.5. The van der Waals surface area contributed by atoms with E-state index in [2.05, 4.69) is 5.32 Å². The summed E-state index contributed by atoms with van der Waals surface area (Å²) in [6, 6.07) is 5.54. The molecule has 1 atom stereocenters. The first kappa shape index (κ1) is 14.2. The van der Waals surface area contributed by atoms with Gasteiger partial charge in [-0.1, -0.05) is 0 Å². The lowest BCUT2D eigenvalue weighted by Gasteiger charge is -2.28. The minimum absolute atomic E-state index is 0.0153. The summed E-state index contributed by atoms with van der Waals surface area (Å²) in [5, 5.41) is 2.99. The van der Waals surface area contributed by atoms with Crippen molar-refractivity contribution in [2.45, 2.75) is 32.2 Å². The predicted octanol–water partition coefficient (Wildman–Crippen LogP) is 0.854. The van der Waals surface area contributed by atoms with Gasteiger partial charge < -0.3 is 19.7 Å². The molecule has 1 saturated heterocycles. The average Bonchev–Trinajstić information content (AvgIpc) is 2.55. The summed E-state index contributed by atoms with van der Waals surface area (Å²) in [5.74, 6) is 1.52. The molecule has 114 valence electrons. The molecule has 0 aromatic heterocycles. The number of nitrogens with one attached hydrogen (secondary N) is 2. The fourth-order valence-electron chi connectivity index (χ4n) is 3.00. The molecule has 5 heteroatoms. The van der Waals surface area contributed by atoms with Crippen LogP contribution in [0.5, 0.6) is 11.5 Å². The van der Waals surface area contributed by atoms with Crippen LogP contribution in [0, 0.1) is 0 Å². The van der Waals surface area contributed by atoms with Gasteiger partial charge in [0.1, 0.15) is 13.2 Å². The highest BCUT2D eigenvalue weighted by Crippen LogP contribution is 2.32. The van der Waals surface area contributed by atoms with Gasteiger partial charge in [-0.2, -0.15) is 0 Å². The molecule has 0 unspecified atom stereocenters. The maximum Gasteiger partial charge on any atom is 0.282 e. The molecule has 0 bridgehead atoms. The summed E-state index contributed by atoms with van der Waals surface area (Å²) in [4.78, 5) is 13.8. The normalized spacial score (nSPS) is 19.9. The monoisotopic (exact) mass is 291 g/mol. The van der Waals surface area contributed by atoms with E-state index in [4.69, 9.17) is 9.47 Å². The number of hydrogen-bond donors (Lipinski definition) is 2. The Morgan fingerprint density at radius 2 is 1.86 bits per heavy atom. The standard InChI is InChI=1S/C16H22N2O3/c1-12(18-7-3-2-4-8-18)16(19)17-13-5-6-14-15(11-13)21-10-9-20-14/h5-6,11-12H,2-4,7-10H2,1H3,(H,17,19)/p+1/t12-/m1/s1. The van der Waals surface area contributed by atoms with E-state index < -0.39 is 0 Å². The zero-order chi connectivity index (χ0) is 14.7. The van der Waals surface area contributed by atoms with Crippen molar-refractivity contribution >= 4 is 11.6 Å². The van der Waals surface area contributed by atoms with Crippen LogP contribution in [-0.4, -0.2) is 38.3 Å². The number of likely N-dealkylation sites (tertiary alicyclic amines) is 1. The Labute approximate surface area is 125 Å². The Balaban J connectivity index is 1.63. The Hall–Kier alpha value is -1.75. The molecular formula is C16H23N2O3+. The van der Waals surface area contributed by atoms with Crippen molar-refractivity contribution < 1.29 is 19.2 Å². The van der Waals surface area contributed by atoms with Crippen molar-refractivity contribution in [1.82, 2.24) is 0 Å². The van der Waals surface area contributed by atoms with Gasteiger partial charge in [-0.15, -0.1) is 0 Å². The van der Waals surface area contributed by atoms with E-state index in [1.54, 1.807) is 0 Å². The van der Waals surface area contributed by atoms with Crippen LogP contribution in [0.2, 0.25) is 0 Å². The van der Waals surface area contributed by atoms with Gasteiger partial charge in [-0.05, 0) is 38.3 Å². The van der Waals surface area contributed by atoms with Crippen LogP contribution in [0.1, 0.15) is 26.2 Å². The average molecular weight is 291 g/mol. The molecule has 1 aromatic carbocycles. The number of ether oxygens (including phenoxy) is 2. The second-order valence-corrected chi connectivity index (χ2v) is 5.79. The number of benzene rings is 1. The van der Waals surface area contributed by atoms with Crippen LogP contribution in [0.4, 0.5) is 5.69 Å². The maximum atomic E-state index is 12.4. The Morgan fingerprint density at radius 1 is 1.14 bits per heavy atom. The minimum atomic E-state index is -0.0153. The highest BCUT2D eigenvalue weighted by atomic mass is 16.6. The van der Waals surface area contributed by atoms with E-state index in [0.29, 0.717) is 19.0 Å². The van der Waals surface area contributed by atoms with Crippen molar-refractivity contribution in [2.75, 3.05) is 31.6 Å². The molecule has 0 aliphatic carbocycles. The number of piperidine rings is 1.